The zero-order valence-electron chi connectivity index (χ0n) is 17.2. The van der Waals surface area contributed by atoms with Crippen molar-refractivity contribution in [3.8, 4) is 11.3 Å². The predicted octanol–water partition coefficient (Wildman–Crippen LogP) is 5.53. The molecule has 0 saturated carbocycles. The molecule has 3 N–H and O–H groups in total. The molecular formula is C24H19ClN4O2S. The second-order valence-electron chi connectivity index (χ2n) is 7.75. The van der Waals surface area contributed by atoms with Gasteiger partial charge in [-0.1, -0.05) is 23.7 Å². The van der Waals surface area contributed by atoms with E-state index in [0.717, 1.165) is 44.2 Å². The highest BCUT2D eigenvalue weighted by Crippen LogP contribution is 2.33. The minimum absolute atomic E-state index is 0.0431. The summed E-state index contributed by atoms with van der Waals surface area (Å²) >= 11 is 7.90. The van der Waals surface area contributed by atoms with Crippen LogP contribution in [0.1, 0.15) is 16.7 Å². The summed E-state index contributed by atoms with van der Waals surface area (Å²) in [7, 11) is 0. The van der Waals surface area contributed by atoms with Crippen LogP contribution in [0.15, 0.2) is 54.2 Å². The lowest BCUT2D eigenvalue weighted by Gasteiger charge is -2.09. The second kappa shape index (κ2) is 7.93. The van der Waals surface area contributed by atoms with E-state index >= 15 is 0 Å². The molecule has 2 aromatic carbocycles. The van der Waals surface area contributed by atoms with Crippen LogP contribution in [0, 0.1) is 6.92 Å². The molecule has 0 fully saturated rings. The Balaban J connectivity index is 1.67. The van der Waals surface area contributed by atoms with Gasteiger partial charge in [0.15, 0.2) is 0 Å². The van der Waals surface area contributed by atoms with Crippen molar-refractivity contribution in [2.45, 2.75) is 19.9 Å². The van der Waals surface area contributed by atoms with Crippen molar-refractivity contribution in [3.05, 3.63) is 75.9 Å². The van der Waals surface area contributed by atoms with E-state index in [1.54, 1.807) is 17.5 Å². The number of nitrogens with two attached hydrogens (primary N) is 1. The Labute approximate surface area is 192 Å². The number of aliphatic carboxylic acids is 1. The van der Waals surface area contributed by atoms with E-state index < -0.39 is 5.97 Å². The SMILES string of the molecule is Cc1cnc(N)nc1-c1ccc2c(CC(=O)O)cn(Cc3csc4ccc(Cl)cc34)c2c1. The summed E-state index contributed by atoms with van der Waals surface area (Å²) in [5.74, 6) is -0.644. The summed E-state index contributed by atoms with van der Waals surface area (Å²) in [4.78, 5) is 19.9. The number of nitrogens with zero attached hydrogens (tertiary/aromatic N) is 3. The molecule has 8 heteroatoms. The van der Waals surface area contributed by atoms with E-state index in [9.17, 15) is 9.90 Å². The number of nitrogen functional groups attached to an aromatic ring is 1. The van der Waals surface area contributed by atoms with Gasteiger partial charge in [0.2, 0.25) is 5.95 Å². The molecule has 0 aliphatic heterocycles. The molecule has 5 aromatic rings. The van der Waals surface area contributed by atoms with Gasteiger partial charge in [-0.15, -0.1) is 11.3 Å². The van der Waals surface area contributed by atoms with Gasteiger partial charge in [0.05, 0.1) is 12.1 Å². The summed E-state index contributed by atoms with van der Waals surface area (Å²) in [5.41, 5.74) is 11.3. The maximum atomic E-state index is 11.5. The van der Waals surface area contributed by atoms with Gasteiger partial charge in [-0.3, -0.25) is 4.79 Å². The number of hydrogen-bond donors (Lipinski definition) is 2. The number of aromatic nitrogens is 3. The molecule has 0 unspecified atom stereocenters. The first kappa shape index (κ1) is 20.5. The largest absolute Gasteiger partial charge is 0.481 e. The number of carboxylic acids is 1. The third kappa shape index (κ3) is 3.70. The number of halogens is 1. The van der Waals surface area contributed by atoms with Crippen LogP contribution in [0.4, 0.5) is 5.95 Å². The molecule has 0 spiro atoms. The van der Waals surface area contributed by atoms with Crippen LogP contribution in [0.25, 0.3) is 32.2 Å². The molecule has 0 aliphatic carbocycles. The third-order valence-electron chi connectivity index (χ3n) is 5.53. The summed E-state index contributed by atoms with van der Waals surface area (Å²) in [6.45, 7) is 2.54. The van der Waals surface area contributed by atoms with E-state index in [2.05, 4.69) is 19.9 Å². The summed E-state index contributed by atoms with van der Waals surface area (Å²) in [6, 6.07) is 11.8. The fraction of sp³-hybridized carbons (Fsp3) is 0.125. The number of thiophene rings is 1. The highest BCUT2D eigenvalue weighted by atomic mass is 35.5. The molecule has 0 bridgehead atoms. The minimum Gasteiger partial charge on any atom is -0.481 e. The number of aryl methyl sites for hydroxylation is 1. The normalized spacial score (nSPS) is 11.4. The highest BCUT2D eigenvalue weighted by molar-refractivity contribution is 7.17. The van der Waals surface area contributed by atoms with E-state index in [0.29, 0.717) is 11.6 Å². The minimum atomic E-state index is -0.861. The lowest BCUT2D eigenvalue weighted by molar-refractivity contribution is -0.136. The maximum absolute atomic E-state index is 11.5. The average molecular weight is 463 g/mol. The first-order valence-electron chi connectivity index (χ1n) is 9.98. The standard InChI is InChI=1S/C24H19ClN4O2S/c1-13-9-27-24(26)28-23(13)14-2-4-18-15(7-22(30)31)10-29(20(18)6-14)11-16-12-32-21-5-3-17(25)8-19(16)21/h2-6,8-10,12H,7,11H2,1H3,(H,30,31)(H2,26,27,28). The molecule has 0 saturated heterocycles. The van der Waals surface area contributed by atoms with Crippen LogP contribution >= 0.6 is 22.9 Å². The topological polar surface area (TPSA) is 94.0 Å². The maximum Gasteiger partial charge on any atom is 0.307 e. The molecule has 0 atom stereocenters. The molecule has 0 radical (unpaired) electrons. The number of rotatable bonds is 5. The van der Waals surface area contributed by atoms with Crippen LogP contribution in [0.5, 0.6) is 0 Å². The molecular weight excluding hydrogens is 444 g/mol. The van der Waals surface area contributed by atoms with E-state index in [-0.39, 0.29) is 12.4 Å². The molecule has 6 nitrogen and oxygen atoms in total. The van der Waals surface area contributed by atoms with E-state index in [1.807, 2.05) is 49.5 Å². The monoisotopic (exact) mass is 462 g/mol. The Morgan fingerprint density at radius 2 is 2.03 bits per heavy atom. The van der Waals surface area contributed by atoms with Crippen molar-refractivity contribution in [3.63, 3.8) is 0 Å². The Hall–Kier alpha value is -3.42. The van der Waals surface area contributed by atoms with Gasteiger partial charge in [-0.05, 0) is 58.6 Å². The van der Waals surface area contributed by atoms with Crippen LogP contribution < -0.4 is 5.73 Å². The molecule has 3 aromatic heterocycles. The van der Waals surface area contributed by atoms with Crippen molar-refractivity contribution in [1.29, 1.82) is 0 Å². The van der Waals surface area contributed by atoms with Crippen molar-refractivity contribution in [2.75, 3.05) is 5.73 Å². The van der Waals surface area contributed by atoms with Crippen molar-refractivity contribution in [1.82, 2.24) is 14.5 Å². The van der Waals surface area contributed by atoms with Crippen LogP contribution in [-0.4, -0.2) is 25.6 Å². The van der Waals surface area contributed by atoms with Crippen molar-refractivity contribution < 1.29 is 9.90 Å². The number of carboxylic acid groups (broad SMARTS) is 1. The van der Waals surface area contributed by atoms with Gasteiger partial charge in [0.25, 0.3) is 0 Å². The number of carbonyl (C=O) groups is 1. The molecule has 0 amide bonds. The van der Waals surface area contributed by atoms with Crippen LogP contribution in [0.3, 0.4) is 0 Å². The summed E-state index contributed by atoms with van der Waals surface area (Å²) < 4.78 is 3.26. The molecule has 32 heavy (non-hydrogen) atoms. The van der Waals surface area contributed by atoms with Crippen molar-refractivity contribution in [2.24, 2.45) is 0 Å². The van der Waals surface area contributed by atoms with E-state index in [4.69, 9.17) is 17.3 Å². The summed E-state index contributed by atoms with van der Waals surface area (Å²) in [6.07, 6.45) is 3.59. The third-order valence-corrected chi connectivity index (χ3v) is 6.77. The van der Waals surface area contributed by atoms with Gasteiger partial charge in [-0.2, -0.15) is 0 Å². The van der Waals surface area contributed by atoms with Gasteiger partial charge in [-0.25, -0.2) is 9.97 Å². The number of benzene rings is 2. The predicted molar refractivity (Wildman–Crippen MR) is 129 cm³/mol. The van der Waals surface area contributed by atoms with Crippen LogP contribution in [-0.2, 0) is 17.8 Å². The quantitative estimate of drug-likeness (QED) is 0.358. The molecule has 0 aliphatic rings. The number of hydrogen-bond acceptors (Lipinski definition) is 5. The van der Waals surface area contributed by atoms with Crippen LogP contribution in [0.2, 0.25) is 5.02 Å². The van der Waals surface area contributed by atoms with Gasteiger partial charge in [0, 0.05) is 45.1 Å². The van der Waals surface area contributed by atoms with Crippen molar-refractivity contribution >= 4 is 55.8 Å². The Morgan fingerprint density at radius 1 is 1.19 bits per heavy atom. The fourth-order valence-corrected chi connectivity index (χ4v) is 5.16. The Kier molecular flexibility index (Phi) is 5.07. The first-order valence-corrected chi connectivity index (χ1v) is 11.2. The molecule has 5 rings (SSSR count). The average Bonchev–Trinajstić information content (AvgIpc) is 3.30. The highest BCUT2D eigenvalue weighted by Gasteiger charge is 2.15. The zero-order valence-corrected chi connectivity index (χ0v) is 18.7. The lowest BCUT2D eigenvalue weighted by Crippen LogP contribution is -2.00. The Bertz CT molecular complexity index is 1510. The van der Waals surface area contributed by atoms with Gasteiger partial charge < -0.3 is 15.4 Å². The van der Waals surface area contributed by atoms with Gasteiger partial charge in [0.1, 0.15) is 0 Å². The Morgan fingerprint density at radius 3 is 2.84 bits per heavy atom. The molecule has 160 valence electrons. The summed E-state index contributed by atoms with van der Waals surface area (Å²) in [5, 5.41) is 14.3. The second-order valence-corrected chi connectivity index (χ2v) is 9.09. The number of fused-ring (bicyclic) bond motifs is 2. The lowest BCUT2D eigenvalue weighted by atomic mass is 10.0. The zero-order chi connectivity index (χ0) is 22.4. The number of anilines is 1. The smallest absolute Gasteiger partial charge is 0.307 e. The fourth-order valence-electron chi connectivity index (χ4n) is 4.06. The van der Waals surface area contributed by atoms with Gasteiger partial charge >= 0.3 is 5.97 Å². The molecule has 3 heterocycles. The first-order chi connectivity index (χ1) is 15.4. The van der Waals surface area contributed by atoms with E-state index in [1.165, 1.54) is 4.70 Å².